The average Bonchev–Trinajstić information content (AvgIpc) is 2.70. The van der Waals surface area contributed by atoms with E-state index in [1.807, 2.05) is 31.2 Å². The molecule has 5 heteroatoms. The van der Waals surface area contributed by atoms with Crippen LogP contribution in [0.1, 0.15) is 6.92 Å². The van der Waals surface area contributed by atoms with Gasteiger partial charge in [-0.15, -0.1) is 5.10 Å². The summed E-state index contributed by atoms with van der Waals surface area (Å²) in [7, 11) is -1.38. The van der Waals surface area contributed by atoms with Gasteiger partial charge in [0.2, 0.25) is 5.88 Å². The maximum absolute atomic E-state index is 5.73. The quantitative estimate of drug-likeness (QED) is 0.627. The third-order valence-electron chi connectivity index (χ3n) is 2.41. The second-order valence-corrected chi connectivity index (χ2v) is 10.3. The van der Waals surface area contributed by atoms with Gasteiger partial charge >= 0.3 is 0 Å². The van der Waals surface area contributed by atoms with Crippen molar-refractivity contribution in [1.82, 2.24) is 15.0 Å². The van der Waals surface area contributed by atoms with Crippen molar-refractivity contribution < 1.29 is 4.74 Å². The van der Waals surface area contributed by atoms with E-state index >= 15 is 0 Å². The first-order chi connectivity index (χ1) is 8.51. The van der Waals surface area contributed by atoms with Gasteiger partial charge in [-0.1, -0.05) is 37.0 Å². The van der Waals surface area contributed by atoms with Crippen LogP contribution in [0.25, 0.3) is 16.9 Å². The minimum Gasteiger partial charge on any atom is -0.478 e. The number of aromatic nitrogens is 3. The average molecular weight is 261 g/mol. The molecule has 0 aliphatic rings. The summed E-state index contributed by atoms with van der Waals surface area (Å²) in [5.41, 5.74) is 4.08. The zero-order chi connectivity index (χ0) is 13.2. The number of hydrogen-bond acceptors (Lipinski definition) is 3. The topological polar surface area (TPSA) is 39.9 Å². The van der Waals surface area contributed by atoms with Crippen molar-refractivity contribution in [1.29, 1.82) is 0 Å². The fourth-order valence-corrected chi connectivity index (χ4v) is 2.66. The molecule has 0 radical (unpaired) electrons. The van der Waals surface area contributed by atoms with Crippen LogP contribution in [-0.4, -0.2) is 29.7 Å². The highest BCUT2D eigenvalue weighted by atomic mass is 28.3. The lowest BCUT2D eigenvalue weighted by atomic mass is 10.3. The van der Waals surface area contributed by atoms with Crippen molar-refractivity contribution in [3.8, 4) is 0 Å². The van der Waals surface area contributed by atoms with Gasteiger partial charge in [-0.3, -0.25) is 0 Å². The van der Waals surface area contributed by atoms with Crippen LogP contribution >= 0.6 is 0 Å². The van der Waals surface area contributed by atoms with Crippen molar-refractivity contribution in [2.24, 2.45) is 0 Å². The molecule has 96 valence electrons. The molecule has 0 aliphatic carbocycles. The lowest BCUT2D eigenvalue weighted by Crippen LogP contribution is -2.19. The number of benzene rings is 1. The Labute approximate surface area is 108 Å². The predicted octanol–water partition coefficient (Wildman–Crippen LogP) is 3.14. The Morgan fingerprint density at radius 2 is 2.06 bits per heavy atom. The van der Waals surface area contributed by atoms with Gasteiger partial charge in [0.1, 0.15) is 5.52 Å². The Bertz CT molecular complexity index is 569. The minimum atomic E-state index is -1.38. The van der Waals surface area contributed by atoms with Crippen molar-refractivity contribution >= 4 is 25.0 Å². The largest absolute Gasteiger partial charge is 0.478 e. The third kappa shape index (κ3) is 2.79. The number of nitrogens with zero attached hydrogens (tertiary/aromatic N) is 3. The van der Waals surface area contributed by atoms with Gasteiger partial charge in [-0.2, -0.15) is 4.68 Å². The van der Waals surface area contributed by atoms with Crippen LogP contribution < -0.4 is 0 Å². The minimum absolute atomic E-state index is 0.629. The molecule has 18 heavy (non-hydrogen) atoms. The summed E-state index contributed by atoms with van der Waals surface area (Å²) in [4.78, 5) is 0. The summed E-state index contributed by atoms with van der Waals surface area (Å²) in [5, 5.41) is 8.35. The Morgan fingerprint density at radius 1 is 1.33 bits per heavy atom. The van der Waals surface area contributed by atoms with E-state index in [9.17, 15) is 0 Å². The Kier molecular flexibility index (Phi) is 3.52. The number of para-hydroxylation sites is 1. The van der Waals surface area contributed by atoms with Crippen LogP contribution in [0.2, 0.25) is 19.6 Å². The van der Waals surface area contributed by atoms with Crippen LogP contribution in [0.4, 0.5) is 0 Å². The molecule has 0 atom stereocenters. The lowest BCUT2D eigenvalue weighted by Gasteiger charge is -2.15. The van der Waals surface area contributed by atoms with Gasteiger partial charge in [-0.05, 0) is 24.8 Å². The van der Waals surface area contributed by atoms with Crippen molar-refractivity contribution in [2.75, 3.05) is 6.61 Å². The standard InChI is InChI=1S/C13H19N3OSi/c1-5-17-13(10-18(2,3)4)16-12-9-7-6-8-11(12)14-15-16/h6-10H,5H2,1-4H3/b13-10-. The number of hydrogen-bond donors (Lipinski definition) is 0. The Morgan fingerprint density at radius 3 is 2.72 bits per heavy atom. The molecule has 0 fully saturated rings. The first-order valence-corrected chi connectivity index (χ1v) is 9.75. The highest BCUT2D eigenvalue weighted by Crippen LogP contribution is 2.18. The third-order valence-corrected chi connectivity index (χ3v) is 3.52. The zero-order valence-electron chi connectivity index (χ0n) is 11.3. The maximum Gasteiger partial charge on any atom is 0.208 e. The van der Waals surface area contributed by atoms with Gasteiger partial charge in [0.05, 0.1) is 20.2 Å². The number of ether oxygens (including phenoxy) is 1. The predicted molar refractivity (Wildman–Crippen MR) is 76.8 cm³/mol. The summed E-state index contributed by atoms with van der Waals surface area (Å²) in [6.45, 7) is 9.42. The highest BCUT2D eigenvalue weighted by molar-refractivity contribution is 6.81. The van der Waals surface area contributed by atoms with E-state index < -0.39 is 8.07 Å². The Balaban J connectivity index is 2.52. The summed E-state index contributed by atoms with van der Waals surface area (Å²) in [6.07, 6.45) is 0. The fourth-order valence-electron chi connectivity index (χ4n) is 1.71. The molecule has 1 aromatic carbocycles. The van der Waals surface area contributed by atoms with E-state index in [1.54, 1.807) is 4.68 Å². The first-order valence-electron chi connectivity index (χ1n) is 6.18. The molecule has 2 rings (SSSR count). The van der Waals surface area contributed by atoms with Crippen molar-refractivity contribution in [3.05, 3.63) is 30.0 Å². The van der Waals surface area contributed by atoms with Crippen LogP contribution in [0, 0.1) is 0 Å². The zero-order valence-corrected chi connectivity index (χ0v) is 12.3. The van der Waals surface area contributed by atoms with E-state index in [0.717, 1.165) is 16.9 Å². The summed E-state index contributed by atoms with van der Waals surface area (Å²) >= 11 is 0. The molecule has 0 saturated heterocycles. The molecule has 0 N–H and O–H groups in total. The molecule has 0 spiro atoms. The normalized spacial score (nSPS) is 13.0. The van der Waals surface area contributed by atoms with E-state index in [1.165, 1.54) is 0 Å². The van der Waals surface area contributed by atoms with Gasteiger partial charge in [0, 0.05) is 0 Å². The van der Waals surface area contributed by atoms with E-state index in [4.69, 9.17) is 4.74 Å². The van der Waals surface area contributed by atoms with Gasteiger partial charge in [-0.25, -0.2) is 0 Å². The molecule has 0 amide bonds. The van der Waals surface area contributed by atoms with E-state index in [-0.39, 0.29) is 0 Å². The highest BCUT2D eigenvalue weighted by Gasteiger charge is 2.15. The maximum atomic E-state index is 5.73. The van der Waals surface area contributed by atoms with E-state index in [2.05, 4.69) is 35.7 Å². The molecule has 1 aromatic heterocycles. The molecule has 1 heterocycles. The second-order valence-electron chi connectivity index (χ2n) is 5.27. The molecule has 4 nitrogen and oxygen atoms in total. The lowest BCUT2D eigenvalue weighted by molar-refractivity contribution is 0.273. The number of fused-ring (bicyclic) bond motifs is 1. The molecular weight excluding hydrogens is 242 g/mol. The fraction of sp³-hybridized carbons (Fsp3) is 0.385. The summed E-state index contributed by atoms with van der Waals surface area (Å²) < 4.78 is 7.52. The molecule has 0 aliphatic heterocycles. The van der Waals surface area contributed by atoms with Crippen LogP contribution in [0.15, 0.2) is 30.0 Å². The summed E-state index contributed by atoms with van der Waals surface area (Å²) in [6, 6.07) is 7.91. The van der Waals surface area contributed by atoms with Crippen LogP contribution in [-0.2, 0) is 4.74 Å². The van der Waals surface area contributed by atoms with Crippen molar-refractivity contribution in [3.63, 3.8) is 0 Å². The molecule has 0 unspecified atom stereocenters. The van der Waals surface area contributed by atoms with Crippen LogP contribution in [0.3, 0.4) is 0 Å². The Hall–Kier alpha value is -1.62. The summed E-state index contributed by atoms with van der Waals surface area (Å²) in [5.74, 6) is 0.797. The van der Waals surface area contributed by atoms with Crippen molar-refractivity contribution in [2.45, 2.75) is 26.6 Å². The molecule has 0 bridgehead atoms. The van der Waals surface area contributed by atoms with E-state index in [0.29, 0.717) is 6.61 Å². The second kappa shape index (κ2) is 4.94. The monoisotopic (exact) mass is 261 g/mol. The smallest absolute Gasteiger partial charge is 0.208 e. The van der Waals surface area contributed by atoms with Gasteiger partial charge in [0.25, 0.3) is 0 Å². The molecule has 2 aromatic rings. The first kappa shape index (κ1) is 12.8. The van der Waals surface area contributed by atoms with Gasteiger partial charge < -0.3 is 4.74 Å². The molecule has 0 saturated carbocycles. The van der Waals surface area contributed by atoms with Gasteiger partial charge in [0.15, 0.2) is 0 Å². The number of rotatable bonds is 4. The molecular formula is C13H19N3OSi. The SMILES string of the molecule is CCO/C(=C\[Si](C)(C)C)n1nnc2ccccc21. The van der Waals surface area contributed by atoms with Crippen LogP contribution in [0.5, 0.6) is 0 Å².